The zero-order valence-corrected chi connectivity index (χ0v) is 8.91. The van der Waals surface area contributed by atoms with Gasteiger partial charge >= 0.3 is 0 Å². The van der Waals surface area contributed by atoms with Crippen LogP contribution in [0.2, 0.25) is 0 Å². The van der Waals surface area contributed by atoms with E-state index in [2.05, 4.69) is 4.90 Å². The number of halogens is 1. The van der Waals surface area contributed by atoms with Gasteiger partial charge in [-0.15, -0.1) is 0 Å². The number of rotatable bonds is 2. The van der Waals surface area contributed by atoms with Crippen molar-refractivity contribution in [3.8, 4) is 0 Å². The minimum absolute atomic E-state index is 0.146. The molecule has 0 aliphatic carbocycles. The van der Waals surface area contributed by atoms with Crippen LogP contribution in [0.3, 0.4) is 0 Å². The van der Waals surface area contributed by atoms with Crippen LogP contribution in [-0.4, -0.2) is 29.2 Å². The van der Waals surface area contributed by atoms with E-state index >= 15 is 0 Å². The average Bonchev–Trinajstić information content (AvgIpc) is 2.59. The lowest BCUT2D eigenvalue weighted by Crippen LogP contribution is -2.22. The summed E-state index contributed by atoms with van der Waals surface area (Å²) in [7, 11) is 0. The number of aliphatic hydroxyl groups is 1. The van der Waals surface area contributed by atoms with Gasteiger partial charge in [-0.2, -0.15) is 0 Å². The molecule has 0 radical (unpaired) electrons. The standard InChI is InChI=1S/C12H16FNO/c1-9-10(3-2-4-12(9)13)7-14-6-5-11(15)8-14/h2-4,11,15H,5-8H2,1H3/t11-/m1/s1. The van der Waals surface area contributed by atoms with Crippen LogP contribution in [0, 0.1) is 12.7 Å². The monoisotopic (exact) mass is 209 g/mol. The Morgan fingerprint density at radius 3 is 3.00 bits per heavy atom. The molecule has 1 aromatic rings. The minimum Gasteiger partial charge on any atom is -0.392 e. The molecule has 15 heavy (non-hydrogen) atoms. The Hall–Kier alpha value is -0.930. The van der Waals surface area contributed by atoms with Crippen LogP contribution < -0.4 is 0 Å². The fourth-order valence-electron chi connectivity index (χ4n) is 2.02. The first-order valence-electron chi connectivity index (χ1n) is 5.31. The van der Waals surface area contributed by atoms with Crippen molar-refractivity contribution in [3.05, 3.63) is 35.1 Å². The quantitative estimate of drug-likeness (QED) is 0.801. The molecule has 0 bridgehead atoms. The lowest BCUT2D eigenvalue weighted by molar-refractivity contribution is 0.174. The van der Waals surface area contributed by atoms with Crippen LogP contribution in [0.25, 0.3) is 0 Å². The zero-order valence-electron chi connectivity index (χ0n) is 8.91. The second-order valence-electron chi connectivity index (χ2n) is 4.20. The van der Waals surface area contributed by atoms with Gasteiger partial charge in [0.15, 0.2) is 0 Å². The highest BCUT2D eigenvalue weighted by atomic mass is 19.1. The molecule has 0 amide bonds. The predicted octanol–water partition coefficient (Wildman–Crippen LogP) is 1.70. The third-order valence-corrected chi connectivity index (χ3v) is 3.02. The number of aliphatic hydroxyl groups excluding tert-OH is 1. The predicted molar refractivity (Wildman–Crippen MR) is 57.0 cm³/mol. The molecule has 82 valence electrons. The van der Waals surface area contributed by atoms with Crippen molar-refractivity contribution in [3.63, 3.8) is 0 Å². The summed E-state index contributed by atoms with van der Waals surface area (Å²) in [5.74, 6) is -0.146. The fraction of sp³-hybridized carbons (Fsp3) is 0.500. The highest BCUT2D eigenvalue weighted by Gasteiger charge is 2.20. The van der Waals surface area contributed by atoms with Gasteiger partial charge < -0.3 is 5.11 Å². The highest BCUT2D eigenvalue weighted by Crippen LogP contribution is 2.17. The summed E-state index contributed by atoms with van der Waals surface area (Å²) >= 11 is 0. The van der Waals surface area contributed by atoms with E-state index in [-0.39, 0.29) is 11.9 Å². The summed E-state index contributed by atoms with van der Waals surface area (Å²) in [6.07, 6.45) is 0.618. The first kappa shape index (κ1) is 10.6. The molecule has 0 saturated carbocycles. The Balaban J connectivity index is 2.07. The van der Waals surface area contributed by atoms with Crippen LogP contribution in [0.15, 0.2) is 18.2 Å². The zero-order chi connectivity index (χ0) is 10.8. The molecule has 1 saturated heterocycles. The van der Waals surface area contributed by atoms with Gasteiger partial charge in [0.05, 0.1) is 6.10 Å². The first-order valence-corrected chi connectivity index (χ1v) is 5.31. The molecule has 2 nitrogen and oxygen atoms in total. The van der Waals surface area contributed by atoms with E-state index < -0.39 is 0 Å². The van der Waals surface area contributed by atoms with Crippen molar-refractivity contribution in [1.82, 2.24) is 4.90 Å². The molecule has 0 unspecified atom stereocenters. The topological polar surface area (TPSA) is 23.5 Å². The number of hydrogen-bond acceptors (Lipinski definition) is 2. The third kappa shape index (κ3) is 2.36. The Morgan fingerprint density at radius 2 is 2.33 bits per heavy atom. The van der Waals surface area contributed by atoms with Gasteiger partial charge in [0.2, 0.25) is 0 Å². The van der Waals surface area contributed by atoms with E-state index in [1.165, 1.54) is 6.07 Å². The molecule has 3 heteroatoms. The highest BCUT2D eigenvalue weighted by molar-refractivity contribution is 5.27. The molecule has 1 atom stereocenters. The summed E-state index contributed by atoms with van der Waals surface area (Å²) in [5, 5.41) is 9.39. The van der Waals surface area contributed by atoms with Crippen molar-refractivity contribution >= 4 is 0 Å². The smallest absolute Gasteiger partial charge is 0.126 e. The minimum atomic E-state index is -0.209. The second kappa shape index (κ2) is 4.29. The van der Waals surface area contributed by atoms with Crippen LogP contribution in [-0.2, 0) is 6.54 Å². The van der Waals surface area contributed by atoms with Crippen molar-refractivity contribution in [2.24, 2.45) is 0 Å². The first-order chi connectivity index (χ1) is 7.16. The van der Waals surface area contributed by atoms with Gasteiger partial charge in [0.25, 0.3) is 0 Å². The molecular weight excluding hydrogens is 193 g/mol. The number of nitrogens with zero attached hydrogens (tertiary/aromatic N) is 1. The van der Waals surface area contributed by atoms with Gasteiger partial charge in [0, 0.05) is 19.6 Å². The van der Waals surface area contributed by atoms with Crippen molar-refractivity contribution in [2.45, 2.75) is 26.0 Å². The number of hydrogen-bond donors (Lipinski definition) is 1. The van der Waals surface area contributed by atoms with E-state index in [1.54, 1.807) is 13.0 Å². The third-order valence-electron chi connectivity index (χ3n) is 3.02. The van der Waals surface area contributed by atoms with Crippen molar-refractivity contribution in [1.29, 1.82) is 0 Å². The van der Waals surface area contributed by atoms with Gasteiger partial charge in [-0.25, -0.2) is 4.39 Å². The molecule has 2 rings (SSSR count). The van der Waals surface area contributed by atoms with E-state index in [0.29, 0.717) is 6.54 Å². The maximum absolute atomic E-state index is 13.3. The normalized spacial score (nSPS) is 22.2. The molecule has 0 spiro atoms. The summed E-state index contributed by atoms with van der Waals surface area (Å²) in [5.41, 5.74) is 1.74. The molecule has 0 aromatic heterocycles. The molecule has 1 aliphatic rings. The Bertz CT molecular complexity index is 353. The number of benzene rings is 1. The molecule has 1 heterocycles. The SMILES string of the molecule is Cc1c(F)cccc1CN1CC[C@@H](O)C1. The van der Waals surface area contributed by atoms with Crippen LogP contribution >= 0.6 is 0 Å². The summed E-state index contributed by atoms with van der Waals surface area (Å²) < 4.78 is 13.3. The number of β-amino-alcohol motifs (C(OH)–C–C–N with tert-alkyl or cyclic N) is 1. The fourth-order valence-corrected chi connectivity index (χ4v) is 2.02. The van der Waals surface area contributed by atoms with Crippen LogP contribution in [0.5, 0.6) is 0 Å². The van der Waals surface area contributed by atoms with Gasteiger partial charge in [-0.05, 0) is 30.5 Å². The second-order valence-corrected chi connectivity index (χ2v) is 4.20. The maximum atomic E-state index is 13.3. The van der Waals surface area contributed by atoms with E-state index in [1.807, 2.05) is 6.07 Å². The number of likely N-dealkylation sites (tertiary alicyclic amines) is 1. The lowest BCUT2D eigenvalue weighted by atomic mass is 10.1. The molecule has 1 aromatic carbocycles. The van der Waals surface area contributed by atoms with Gasteiger partial charge in [-0.1, -0.05) is 12.1 Å². The van der Waals surface area contributed by atoms with Gasteiger partial charge in [-0.3, -0.25) is 4.90 Å². The van der Waals surface area contributed by atoms with Crippen molar-refractivity contribution < 1.29 is 9.50 Å². The molecular formula is C12H16FNO. The Morgan fingerprint density at radius 1 is 1.53 bits per heavy atom. The Labute approximate surface area is 89.3 Å². The van der Waals surface area contributed by atoms with Gasteiger partial charge in [0.1, 0.15) is 5.82 Å². The van der Waals surface area contributed by atoms with Crippen LogP contribution in [0.4, 0.5) is 4.39 Å². The Kier molecular flexibility index (Phi) is 3.03. The van der Waals surface area contributed by atoms with E-state index in [9.17, 15) is 9.50 Å². The molecule has 1 aliphatic heterocycles. The maximum Gasteiger partial charge on any atom is 0.126 e. The largest absolute Gasteiger partial charge is 0.392 e. The average molecular weight is 209 g/mol. The molecule has 1 N–H and O–H groups in total. The van der Waals surface area contributed by atoms with Crippen LogP contribution in [0.1, 0.15) is 17.5 Å². The molecule has 1 fully saturated rings. The van der Waals surface area contributed by atoms with E-state index in [4.69, 9.17) is 0 Å². The summed E-state index contributed by atoms with van der Waals surface area (Å²) in [6.45, 7) is 4.14. The summed E-state index contributed by atoms with van der Waals surface area (Å²) in [6, 6.07) is 5.17. The summed E-state index contributed by atoms with van der Waals surface area (Å²) in [4.78, 5) is 2.16. The lowest BCUT2D eigenvalue weighted by Gasteiger charge is -2.16. The van der Waals surface area contributed by atoms with Crippen molar-refractivity contribution in [2.75, 3.05) is 13.1 Å². The van der Waals surface area contributed by atoms with E-state index in [0.717, 1.165) is 30.6 Å².